The predicted molar refractivity (Wildman–Crippen MR) is 158 cm³/mol. The molecule has 0 aliphatic rings. The van der Waals surface area contributed by atoms with Crippen molar-refractivity contribution in [1.29, 1.82) is 0 Å². The standard InChI is InChI=1S/C30H30FN5O9/c1-3-12-35(15-17-4-8-23-20(13-17)27(40)34-16(2)33-23)18-5-6-19(21(31)14-18)28(41)36(24(30(44)45)9-11-26(38)39)25(37)10-7-22(32)29(42)43/h1,4-6,8,13-14,22,24H,7,9-12,15,32H2,2H3,(H,38,39)(H,42,43)(H,44,45)(H,33,34,40)/t22-,24+/m0/s1. The number of carboxylic acids is 3. The summed E-state index contributed by atoms with van der Waals surface area (Å²) in [7, 11) is 0. The zero-order chi connectivity index (χ0) is 33.4. The number of amides is 2. The van der Waals surface area contributed by atoms with Crippen LogP contribution in [-0.2, 0) is 25.7 Å². The van der Waals surface area contributed by atoms with E-state index in [1.165, 1.54) is 6.07 Å². The van der Waals surface area contributed by atoms with Crippen LogP contribution in [0.5, 0.6) is 0 Å². The maximum atomic E-state index is 15.5. The Hall–Kier alpha value is -5.62. The van der Waals surface area contributed by atoms with Crippen molar-refractivity contribution in [3.63, 3.8) is 0 Å². The first-order valence-electron chi connectivity index (χ1n) is 13.5. The number of aliphatic carboxylic acids is 3. The van der Waals surface area contributed by atoms with E-state index in [0.717, 1.165) is 12.1 Å². The number of aryl methyl sites for hydroxylation is 1. The van der Waals surface area contributed by atoms with Gasteiger partial charge >= 0.3 is 17.9 Å². The van der Waals surface area contributed by atoms with E-state index in [-0.39, 0.29) is 29.2 Å². The zero-order valence-electron chi connectivity index (χ0n) is 24.0. The Morgan fingerprint density at radius 2 is 1.76 bits per heavy atom. The van der Waals surface area contributed by atoms with Crippen molar-refractivity contribution in [3.8, 4) is 12.3 Å². The fourth-order valence-electron chi connectivity index (χ4n) is 4.55. The molecule has 0 saturated carbocycles. The van der Waals surface area contributed by atoms with E-state index >= 15 is 4.39 Å². The number of nitrogens with one attached hydrogen (secondary N) is 1. The fraction of sp³-hybridized carbons (Fsp3) is 0.300. The van der Waals surface area contributed by atoms with E-state index in [2.05, 4.69) is 15.9 Å². The Kier molecular flexibility index (Phi) is 11.1. The van der Waals surface area contributed by atoms with Crippen LogP contribution >= 0.6 is 0 Å². The van der Waals surface area contributed by atoms with Crippen molar-refractivity contribution in [2.24, 2.45) is 5.73 Å². The summed E-state index contributed by atoms with van der Waals surface area (Å²) in [6, 6.07) is 4.79. The lowest BCUT2D eigenvalue weighted by Crippen LogP contribution is -2.49. The number of fused-ring (bicyclic) bond motifs is 1. The number of aromatic amines is 1. The third-order valence-electron chi connectivity index (χ3n) is 6.79. The summed E-state index contributed by atoms with van der Waals surface area (Å²) in [5.74, 6) is -5.36. The second kappa shape index (κ2) is 14.7. The van der Waals surface area contributed by atoms with Crippen LogP contribution < -0.4 is 16.2 Å². The van der Waals surface area contributed by atoms with Crippen molar-refractivity contribution >= 4 is 46.3 Å². The molecule has 2 aromatic carbocycles. The Labute approximate surface area is 255 Å². The molecule has 236 valence electrons. The van der Waals surface area contributed by atoms with Gasteiger partial charge in [0.25, 0.3) is 11.5 Å². The van der Waals surface area contributed by atoms with Crippen molar-refractivity contribution < 1.29 is 43.7 Å². The number of nitrogens with two attached hydrogens (primary N) is 1. The molecule has 14 nitrogen and oxygen atoms in total. The lowest BCUT2D eigenvalue weighted by atomic mass is 10.0. The highest BCUT2D eigenvalue weighted by molar-refractivity contribution is 6.07. The minimum Gasteiger partial charge on any atom is -0.481 e. The third kappa shape index (κ3) is 8.48. The van der Waals surface area contributed by atoms with Crippen molar-refractivity contribution in [2.75, 3.05) is 11.4 Å². The normalized spacial score (nSPS) is 12.1. The topological polar surface area (TPSA) is 224 Å². The van der Waals surface area contributed by atoms with Gasteiger partial charge in [-0.05, 0) is 55.7 Å². The monoisotopic (exact) mass is 623 g/mol. The molecule has 6 N–H and O–H groups in total. The molecule has 0 bridgehead atoms. The number of hydrogen-bond donors (Lipinski definition) is 5. The molecule has 1 heterocycles. The summed E-state index contributed by atoms with van der Waals surface area (Å²) in [4.78, 5) is 81.8. The van der Waals surface area contributed by atoms with Crippen LogP contribution in [0.25, 0.3) is 10.9 Å². The number of rotatable bonds is 14. The van der Waals surface area contributed by atoms with E-state index in [0.29, 0.717) is 22.3 Å². The summed E-state index contributed by atoms with van der Waals surface area (Å²) >= 11 is 0. The van der Waals surface area contributed by atoms with Crippen molar-refractivity contribution in [2.45, 2.75) is 51.2 Å². The summed E-state index contributed by atoms with van der Waals surface area (Å²) in [6.07, 6.45) is 2.95. The quantitative estimate of drug-likeness (QED) is 0.161. The van der Waals surface area contributed by atoms with Crippen molar-refractivity contribution in [1.82, 2.24) is 14.9 Å². The van der Waals surface area contributed by atoms with Gasteiger partial charge in [0, 0.05) is 25.1 Å². The highest BCUT2D eigenvalue weighted by Crippen LogP contribution is 2.24. The van der Waals surface area contributed by atoms with E-state index in [1.54, 1.807) is 30.0 Å². The largest absolute Gasteiger partial charge is 0.481 e. The number of hydrogen-bond acceptors (Lipinski definition) is 9. The number of terminal acetylenes is 1. The molecule has 0 spiro atoms. The van der Waals surface area contributed by atoms with Crippen LogP contribution in [0, 0.1) is 25.1 Å². The molecule has 45 heavy (non-hydrogen) atoms. The number of benzene rings is 2. The molecule has 0 radical (unpaired) electrons. The molecule has 3 rings (SSSR count). The molecule has 0 unspecified atom stereocenters. The van der Waals surface area contributed by atoms with Gasteiger partial charge in [-0.1, -0.05) is 12.0 Å². The first-order chi connectivity index (χ1) is 21.2. The van der Waals surface area contributed by atoms with Crippen LogP contribution in [0.15, 0.2) is 41.2 Å². The number of H-pyrrole nitrogens is 1. The molecule has 15 heteroatoms. The lowest BCUT2D eigenvalue weighted by molar-refractivity contribution is -0.149. The van der Waals surface area contributed by atoms with Crippen molar-refractivity contribution in [3.05, 3.63) is 69.5 Å². The van der Waals surface area contributed by atoms with E-state index < -0.39 is 78.9 Å². The Balaban J connectivity index is 1.96. The minimum atomic E-state index is -1.99. The average Bonchev–Trinajstić information content (AvgIpc) is 2.97. The molecule has 3 aromatic rings. The van der Waals surface area contributed by atoms with Crippen LogP contribution in [0.2, 0.25) is 0 Å². The van der Waals surface area contributed by atoms with Gasteiger partial charge in [0.1, 0.15) is 23.7 Å². The van der Waals surface area contributed by atoms with E-state index in [4.69, 9.17) is 22.4 Å². The highest BCUT2D eigenvalue weighted by Gasteiger charge is 2.37. The summed E-state index contributed by atoms with van der Waals surface area (Å²) in [5, 5.41) is 28.1. The van der Waals surface area contributed by atoms with Gasteiger partial charge in [0.2, 0.25) is 5.91 Å². The van der Waals surface area contributed by atoms with Crippen LogP contribution in [0.1, 0.15) is 47.4 Å². The maximum absolute atomic E-state index is 15.5. The van der Waals surface area contributed by atoms with E-state index in [1.807, 2.05) is 0 Å². The molecular formula is C30H30FN5O9. The fourth-order valence-corrected chi connectivity index (χ4v) is 4.55. The first-order valence-corrected chi connectivity index (χ1v) is 13.5. The SMILES string of the molecule is C#CCN(Cc1ccc2nc(C)[nH]c(=O)c2c1)c1ccc(C(=O)N(C(=O)CC[C@H](N)C(=O)O)[C@H](CCC(=O)O)C(=O)O)c(F)c1. The van der Waals surface area contributed by atoms with Gasteiger partial charge in [-0.15, -0.1) is 6.42 Å². The number of carbonyl (C=O) groups is 5. The lowest BCUT2D eigenvalue weighted by Gasteiger charge is -2.28. The molecule has 0 aliphatic heterocycles. The summed E-state index contributed by atoms with van der Waals surface area (Å²) in [6.45, 7) is 1.75. The minimum absolute atomic E-state index is 0.0159. The second-order valence-electron chi connectivity index (χ2n) is 10.1. The summed E-state index contributed by atoms with van der Waals surface area (Å²) < 4.78 is 15.5. The number of carbonyl (C=O) groups excluding carboxylic acids is 2. The number of carboxylic acid groups (broad SMARTS) is 3. The second-order valence-corrected chi connectivity index (χ2v) is 10.1. The molecule has 0 fully saturated rings. The third-order valence-corrected chi connectivity index (χ3v) is 6.79. The Morgan fingerprint density at radius 1 is 1.04 bits per heavy atom. The summed E-state index contributed by atoms with van der Waals surface area (Å²) in [5.41, 5.74) is 5.71. The molecular weight excluding hydrogens is 593 g/mol. The molecule has 0 saturated heterocycles. The van der Waals surface area contributed by atoms with Gasteiger partial charge in [-0.25, -0.2) is 14.2 Å². The van der Waals surface area contributed by atoms with Gasteiger partial charge < -0.3 is 30.9 Å². The smallest absolute Gasteiger partial charge is 0.326 e. The predicted octanol–water partition coefficient (Wildman–Crippen LogP) is 1.49. The number of halogens is 1. The highest BCUT2D eigenvalue weighted by atomic mass is 19.1. The Morgan fingerprint density at radius 3 is 2.36 bits per heavy atom. The van der Waals surface area contributed by atoms with Crippen LogP contribution in [0.3, 0.4) is 0 Å². The molecule has 0 aliphatic carbocycles. The van der Waals surface area contributed by atoms with Gasteiger partial charge in [-0.2, -0.15) is 0 Å². The number of imide groups is 1. The van der Waals surface area contributed by atoms with Gasteiger partial charge in [-0.3, -0.25) is 28.9 Å². The molecule has 2 amide bonds. The number of aromatic nitrogens is 2. The van der Waals surface area contributed by atoms with Gasteiger partial charge in [0.05, 0.1) is 23.0 Å². The molecule has 2 atom stereocenters. The molecule has 1 aromatic heterocycles. The van der Waals surface area contributed by atoms with E-state index in [9.17, 15) is 33.9 Å². The Bertz CT molecular complexity index is 1750. The number of anilines is 1. The first kappa shape index (κ1) is 33.9. The maximum Gasteiger partial charge on any atom is 0.326 e. The number of nitrogens with zero attached hydrogens (tertiary/aromatic N) is 3. The zero-order valence-corrected chi connectivity index (χ0v) is 24.0. The van der Waals surface area contributed by atoms with Gasteiger partial charge in [0.15, 0.2) is 0 Å². The van der Waals surface area contributed by atoms with Crippen LogP contribution in [-0.4, -0.2) is 78.5 Å². The van der Waals surface area contributed by atoms with Crippen LogP contribution in [0.4, 0.5) is 10.1 Å². The average molecular weight is 624 g/mol.